The number of carbonyl (C=O) groups excluding carboxylic acids is 2. The number of para-hydroxylation sites is 1. The number of pyridine rings is 1. The molecule has 1 N–H and O–H groups in total. The number of nitrogens with one attached hydrogen (secondary N) is 1. The van der Waals surface area contributed by atoms with Crippen LogP contribution in [0.25, 0.3) is 10.9 Å². The predicted octanol–water partition coefficient (Wildman–Crippen LogP) is 5.35. The van der Waals surface area contributed by atoms with Crippen molar-refractivity contribution in [3.8, 4) is 11.8 Å². The highest BCUT2D eigenvalue weighted by Crippen LogP contribution is 2.41. The van der Waals surface area contributed by atoms with Gasteiger partial charge >= 0.3 is 18.3 Å². The zero-order valence-electron chi connectivity index (χ0n) is 24.7. The lowest BCUT2D eigenvalue weighted by atomic mass is 9.98. The number of piperazine rings is 1. The molecule has 0 unspecified atom stereocenters. The van der Waals surface area contributed by atoms with E-state index in [0.29, 0.717) is 16.7 Å². The van der Waals surface area contributed by atoms with Crippen molar-refractivity contribution in [3.05, 3.63) is 41.6 Å². The van der Waals surface area contributed by atoms with Gasteiger partial charge in [-0.25, -0.2) is 9.78 Å². The molecule has 2 bridgehead atoms. The van der Waals surface area contributed by atoms with Gasteiger partial charge in [0.05, 0.1) is 23.3 Å². The van der Waals surface area contributed by atoms with Crippen LogP contribution in [0.5, 0.6) is 11.8 Å². The summed E-state index contributed by atoms with van der Waals surface area (Å²) in [5.74, 6) is -0.0731. The maximum Gasteiger partial charge on any atom is 0.419 e. The molecule has 0 saturated carbocycles. The van der Waals surface area contributed by atoms with Crippen molar-refractivity contribution in [2.75, 3.05) is 36.5 Å². The maximum atomic E-state index is 13.8. The second-order valence-corrected chi connectivity index (χ2v) is 11.8. The average molecular weight is 603 g/mol. The number of fused-ring (bicyclic) bond motifs is 5. The Kier molecular flexibility index (Phi) is 7.51. The molecule has 0 radical (unpaired) electrons. The molecule has 1 atom stereocenters. The summed E-state index contributed by atoms with van der Waals surface area (Å²) in [6.45, 7) is 10.4. The summed E-state index contributed by atoms with van der Waals surface area (Å²) in [5, 5.41) is 3.65. The zero-order chi connectivity index (χ0) is 31.3. The summed E-state index contributed by atoms with van der Waals surface area (Å²) in [4.78, 5) is 42.8. The Morgan fingerprint density at radius 2 is 1.84 bits per heavy atom. The van der Waals surface area contributed by atoms with Crippen molar-refractivity contribution in [1.29, 1.82) is 0 Å². The number of carbonyl (C=O) groups is 2. The molecule has 2 aliphatic heterocycles. The summed E-state index contributed by atoms with van der Waals surface area (Å²) < 4.78 is 58.1. The highest BCUT2D eigenvalue weighted by atomic mass is 19.4. The molecule has 4 heterocycles. The molecule has 230 valence electrons. The number of benzene rings is 1. The van der Waals surface area contributed by atoms with Crippen molar-refractivity contribution < 1.29 is 37.0 Å². The van der Waals surface area contributed by atoms with E-state index in [1.807, 2.05) is 0 Å². The van der Waals surface area contributed by atoms with Gasteiger partial charge < -0.3 is 19.5 Å². The summed E-state index contributed by atoms with van der Waals surface area (Å²) in [6, 6.07) is 4.81. The van der Waals surface area contributed by atoms with Crippen molar-refractivity contribution in [1.82, 2.24) is 19.9 Å². The van der Waals surface area contributed by atoms with Gasteiger partial charge in [0.1, 0.15) is 41.7 Å². The zero-order valence-corrected chi connectivity index (χ0v) is 24.7. The van der Waals surface area contributed by atoms with E-state index in [-0.39, 0.29) is 55.4 Å². The van der Waals surface area contributed by atoms with Crippen LogP contribution >= 0.6 is 0 Å². The van der Waals surface area contributed by atoms with Crippen LogP contribution in [0.15, 0.2) is 30.5 Å². The Balaban J connectivity index is 1.51. The number of alkyl halides is 3. The predicted molar refractivity (Wildman–Crippen MR) is 151 cm³/mol. The molecule has 2 amide bonds. The summed E-state index contributed by atoms with van der Waals surface area (Å²) in [7, 11) is 0. The van der Waals surface area contributed by atoms with Gasteiger partial charge in [-0.3, -0.25) is 14.6 Å². The van der Waals surface area contributed by atoms with Gasteiger partial charge in [-0.2, -0.15) is 23.1 Å². The molecule has 1 aromatic carbocycles. The third-order valence-electron chi connectivity index (χ3n) is 7.16. The molecule has 2 aliphatic rings. The van der Waals surface area contributed by atoms with Crippen LogP contribution in [-0.2, 0) is 15.7 Å². The molecule has 1 fully saturated rings. The van der Waals surface area contributed by atoms with Crippen LogP contribution in [0.3, 0.4) is 0 Å². The van der Waals surface area contributed by atoms with E-state index in [0.717, 1.165) is 6.07 Å². The quantitative estimate of drug-likeness (QED) is 0.393. The molecule has 5 rings (SSSR count). The first-order valence-corrected chi connectivity index (χ1v) is 13.8. The van der Waals surface area contributed by atoms with E-state index in [2.05, 4.69) is 20.3 Å². The van der Waals surface area contributed by atoms with Gasteiger partial charge in [-0.1, -0.05) is 12.1 Å². The highest BCUT2D eigenvalue weighted by molar-refractivity contribution is 6.03. The summed E-state index contributed by atoms with van der Waals surface area (Å²) >= 11 is 0. The third-order valence-corrected chi connectivity index (χ3v) is 7.16. The normalized spacial score (nSPS) is 19.0. The first kappa shape index (κ1) is 30.1. The van der Waals surface area contributed by atoms with E-state index < -0.39 is 35.0 Å². The van der Waals surface area contributed by atoms with E-state index in [1.54, 1.807) is 53.7 Å². The Morgan fingerprint density at radius 3 is 2.53 bits per heavy atom. The molecule has 0 aliphatic carbocycles. The van der Waals surface area contributed by atoms with Gasteiger partial charge in [0.15, 0.2) is 0 Å². The van der Waals surface area contributed by atoms with Gasteiger partial charge in [0.25, 0.3) is 5.91 Å². The largest absolute Gasteiger partial charge is 0.489 e. The van der Waals surface area contributed by atoms with Crippen LogP contribution < -0.4 is 19.7 Å². The Labute approximate surface area is 246 Å². The lowest BCUT2D eigenvalue weighted by molar-refractivity contribution is -0.139. The van der Waals surface area contributed by atoms with Crippen molar-refractivity contribution in [2.24, 2.45) is 0 Å². The van der Waals surface area contributed by atoms with Gasteiger partial charge in [0.2, 0.25) is 0 Å². The number of hydrogen-bond donors (Lipinski definition) is 1. The number of rotatable bonds is 1. The van der Waals surface area contributed by atoms with E-state index in [9.17, 15) is 22.8 Å². The lowest BCUT2D eigenvalue weighted by Gasteiger charge is -2.45. The standard InChI is InChI=1S/C29H33F3N6O5/c1-16-17-8-7-9-19(29(30,31)32)22(17)41-12-13-42-25-35-20-15-33-21(14-18(20)23(34-16)36-25)37-10-11-38(28(5,6)24(37)39)26(40)43-27(2,3)4/h7-9,14-16H,10-13H2,1-6H3,(H,34,35,36)/t16-/m1/s1. The number of hydrogen-bond acceptors (Lipinski definition) is 9. The van der Waals surface area contributed by atoms with Crippen molar-refractivity contribution >= 4 is 34.5 Å². The van der Waals surface area contributed by atoms with Crippen LogP contribution in [0.2, 0.25) is 0 Å². The lowest BCUT2D eigenvalue weighted by Crippen LogP contribution is -2.65. The smallest absolute Gasteiger partial charge is 0.419 e. The first-order valence-electron chi connectivity index (χ1n) is 13.8. The van der Waals surface area contributed by atoms with Crippen LogP contribution in [0.4, 0.5) is 29.6 Å². The number of halogens is 3. The maximum absolute atomic E-state index is 13.8. The van der Waals surface area contributed by atoms with Gasteiger partial charge in [0, 0.05) is 24.0 Å². The Hall–Kier alpha value is -4.36. The second-order valence-electron chi connectivity index (χ2n) is 11.8. The van der Waals surface area contributed by atoms with Gasteiger partial charge in [-0.05, 0) is 53.7 Å². The molecule has 3 aromatic rings. The fourth-order valence-corrected chi connectivity index (χ4v) is 5.04. The number of ether oxygens (including phenoxy) is 3. The van der Waals surface area contributed by atoms with Crippen molar-refractivity contribution in [3.63, 3.8) is 0 Å². The Morgan fingerprint density at radius 1 is 1.12 bits per heavy atom. The number of anilines is 2. The SMILES string of the molecule is C[C@H]1Nc2nc(nc3cnc(N4CCN(C(=O)OC(C)(C)C)C(C)(C)C4=O)cc23)OCCOc2c1cccc2C(F)(F)F. The average Bonchev–Trinajstić information content (AvgIpc) is 2.92. The molecule has 0 spiro atoms. The minimum absolute atomic E-state index is 0.00876. The number of amides is 2. The van der Waals surface area contributed by atoms with Crippen LogP contribution in [-0.4, -0.2) is 69.3 Å². The summed E-state index contributed by atoms with van der Waals surface area (Å²) in [5.41, 5.74) is -2.16. The topological polar surface area (TPSA) is 119 Å². The molecule has 14 heteroatoms. The van der Waals surface area contributed by atoms with E-state index >= 15 is 0 Å². The third kappa shape index (κ3) is 5.95. The minimum atomic E-state index is -4.62. The molecule has 2 aromatic heterocycles. The fourth-order valence-electron chi connectivity index (χ4n) is 5.04. The Bertz CT molecular complexity index is 1570. The molecule has 43 heavy (non-hydrogen) atoms. The molecular formula is C29H33F3N6O5. The molecule has 11 nitrogen and oxygen atoms in total. The monoisotopic (exact) mass is 602 g/mol. The van der Waals surface area contributed by atoms with E-state index in [4.69, 9.17) is 14.2 Å². The number of nitrogens with zero attached hydrogens (tertiary/aromatic N) is 5. The minimum Gasteiger partial charge on any atom is -0.489 e. The van der Waals surface area contributed by atoms with Gasteiger partial charge in [-0.15, -0.1) is 0 Å². The number of aromatic nitrogens is 3. The van der Waals surface area contributed by atoms with E-state index in [1.165, 1.54) is 22.1 Å². The van der Waals surface area contributed by atoms with Crippen LogP contribution in [0, 0.1) is 0 Å². The first-order chi connectivity index (χ1) is 20.1. The summed E-state index contributed by atoms with van der Waals surface area (Å²) in [6.07, 6.45) is -3.74. The van der Waals surface area contributed by atoms with Crippen LogP contribution in [0.1, 0.15) is 58.7 Å². The second kappa shape index (κ2) is 10.7. The molecule has 1 saturated heterocycles. The fraction of sp³-hybridized carbons (Fsp3) is 0.483. The van der Waals surface area contributed by atoms with Crippen molar-refractivity contribution in [2.45, 2.75) is 64.9 Å². The molecular weight excluding hydrogens is 569 g/mol. The highest BCUT2D eigenvalue weighted by Gasteiger charge is 2.46.